The molecular weight excluding hydrogens is 252 g/mol. The van der Waals surface area contributed by atoms with Crippen molar-refractivity contribution in [2.75, 3.05) is 26.8 Å². The normalized spacial score (nSPS) is 10.9. The van der Waals surface area contributed by atoms with Crippen LogP contribution in [0.15, 0.2) is 0 Å². The predicted octanol–water partition coefficient (Wildman–Crippen LogP) is -0.244. The average molecular weight is 274 g/mol. The maximum atomic E-state index is 11.5. The lowest BCUT2D eigenvalue weighted by Gasteiger charge is -2.18. The van der Waals surface area contributed by atoms with Crippen molar-refractivity contribution in [1.29, 1.82) is 0 Å². The Morgan fingerprint density at radius 1 is 1.11 bits per heavy atom. The highest BCUT2D eigenvalue weighted by molar-refractivity contribution is 5.84. The number of hydrogen-bond donors (Lipinski definition) is 3. The van der Waals surface area contributed by atoms with Crippen LogP contribution in [-0.2, 0) is 19.1 Å². The lowest BCUT2D eigenvalue weighted by Crippen LogP contribution is -2.36. The third-order valence-corrected chi connectivity index (χ3v) is 2.48. The van der Waals surface area contributed by atoms with Crippen molar-refractivity contribution in [3.8, 4) is 0 Å². The number of carboxylic acid groups (broad SMARTS) is 1. The molecule has 0 rings (SSSR count). The summed E-state index contributed by atoms with van der Waals surface area (Å²) in [5.41, 5.74) is -1.11. The van der Waals surface area contributed by atoms with Crippen molar-refractivity contribution in [2.24, 2.45) is 5.41 Å². The SMILES string of the molecule is COCCNC(=O)CCNC(=O)CC(C)(C)C(=O)O. The zero-order valence-electron chi connectivity index (χ0n) is 11.6. The van der Waals surface area contributed by atoms with Gasteiger partial charge in [-0.2, -0.15) is 0 Å². The molecule has 0 saturated heterocycles. The maximum absolute atomic E-state index is 11.5. The summed E-state index contributed by atoms with van der Waals surface area (Å²) in [6.07, 6.45) is 0.0383. The average Bonchev–Trinajstić information content (AvgIpc) is 2.28. The van der Waals surface area contributed by atoms with Gasteiger partial charge in [-0.25, -0.2) is 0 Å². The monoisotopic (exact) mass is 274 g/mol. The molecule has 0 fully saturated rings. The van der Waals surface area contributed by atoms with E-state index in [1.165, 1.54) is 21.0 Å². The van der Waals surface area contributed by atoms with Crippen LogP contribution < -0.4 is 10.6 Å². The first-order valence-electron chi connectivity index (χ1n) is 6.05. The van der Waals surface area contributed by atoms with Crippen LogP contribution in [0.2, 0.25) is 0 Å². The summed E-state index contributed by atoms with van der Waals surface area (Å²) >= 11 is 0. The van der Waals surface area contributed by atoms with E-state index in [1.54, 1.807) is 0 Å². The zero-order chi connectivity index (χ0) is 14.9. The van der Waals surface area contributed by atoms with Gasteiger partial charge in [0.25, 0.3) is 0 Å². The highest BCUT2D eigenvalue weighted by Crippen LogP contribution is 2.19. The molecule has 0 atom stereocenters. The van der Waals surface area contributed by atoms with E-state index >= 15 is 0 Å². The van der Waals surface area contributed by atoms with Crippen molar-refractivity contribution in [2.45, 2.75) is 26.7 Å². The predicted molar refractivity (Wildman–Crippen MR) is 68.5 cm³/mol. The third kappa shape index (κ3) is 8.15. The number of rotatable bonds is 9. The summed E-state index contributed by atoms with van der Waals surface area (Å²) < 4.78 is 4.77. The highest BCUT2D eigenvalue weighted by Gasteiger charge is 2.29. The minimum absolute atomic E-state index is 0.117. The van der Waals surface area contributed by atoms with Gasteiger partial charge in [-0.3, -0.25) is 14.4 Å². The molecule has 0 heterocycles. The van der Waals surface area contributed by atoms with E-state index < -0.39 is 11.4 Å². The Balaban J connectivity index is 3.80. The lowest BCUT2D eigenvalue weighted by molar-refractivity contribution is -0.149. The molecule has 0 saturated carbocycles. The second-order valence-electron chi connectivity index (χ2n) is 4.81. The molecule has 0 radical (unpaired) electrons. The van der Waals surface area contributed by atoms with Gasteiger partial charge in [0.15, 0.2) is 0 Å². The number of ether oxygens (including phenoxy) is 1. The van der Waals surface area contributed by atoms with Crippen molar-refractivity contribution in [3.05, 3.63) is 0 Å². The molecule has 0 unspecified atom stereocenters. The number of nitrogens with one attached hydrogen (secondary N) is 2. The second-order valence-corrected chi connectivity index (χ2v) is 4.81. The first-order valence-corrected chi connectivity index (χ1v) is 6.05. The van der Waals surface area contributed by atoms with Crippen molar-refractivity contribution < 1.29 is 24.2 Å². The van der Waals surface area contributed by atoms with Gasteiger partial charge in [-0.05, 0) is 13.8 Å². The Morgan fingerprint density at radius 3 is 2.21 bits per heavy atom. The maximum Gasteiger partial charge on any atom is 0.309 e. The third-order valence-electron chi connectivity index (χ3n) is 2.48. The topological polar surface area (TPSA) is 105 Å². The molecule has 0 bridgehead atoms. The molecule has 2 amide bonds. The van der Waals surface area contributed by atoms with Crippen LogP contribution >= 0.6 is 0 Å². The number of hydrogen-bond acceptors (Lipinski definition) is 4. The number of methoxy groups -OCH3 is 1. The molecule has 19 heavy (non-hydrogen) atoms. The molecule has 0 spiro atoms. The number of aliphatic carboxylic acids is 1. The number of carbonyl (C=O) groups excluding carboxylic acids is 2. The van der Waals surface area contributed by atoms with Gasteiger partial charge in [-0.1, -0.05) is 0 Å². The summed E-state index contributed by atoms with van der Waals surface area (Å²) in [4.78, 5) is 33.6. The zero-order valence-corrected chi connectivity index (χ0v) is 11.6. The minimum Gasteiger partial charge on any atom is -0.481 e. The van der Waals surface area contributed by atoms with Gasteiger partial charge in [0.1, 0.15) is 0 Å². The van der Waals surface area contributed by atoms with Gasteiger partial charge in [0.05, 0.1) is 12.0 Å². The molecule has 0 aromatic carbocycles. The molecule has 0 aromatic heterocycles. The molecule has 0 aliphatic carbocycles. The number of carboxylic acids is 1. The lowest BCUT2D eigenvalue weighted by atomic mass is 9.89. The fraction of sp³-hybridized carbons (Fsp3) is 0.750. The van der Waals surface area contributed by atoms with Crippen molar-refractivity contribution in [1.82, 2.24) is 10.6 Å². The second kappa shape index (κ2) is 8.47. The summed E-state index contributed by atoms with van der Waals surface area (Å²) in [5, 5.41) is 14.0. The Labute approximate surface area is 112 Å². The minimum atomic E-state index is -1.11. The smallest absolute Gasteiger partial charge is 0.309 e. The number of carbonyl (C=O) groups is 3. The van der Waals surface area contributed by atoms with Gasteiger partial charge in [-0.15, -0.1) is 0 Å². The Bertz CT molecular complexity index is 328. The van der Waals surface area contributed by atoms with Crippen LogP contribution in [0.25, 0.3) is 0 Å². The van der Waals surface area contributed by atoms with E-state index in [-0.39, 0.29) is 31.2 Å². The standard InChI is InChI=1S/C12H22N2O5/c1-12(2,11(17)18)8-10(16)13-5-4-9(15)14-6-7-19-3/h4-8H2,1-3H3,(H,13,16)(H,14,15)(H,17,18). The van der Waals surface area contributed by atoms with Gasteiger partial charge in [0, 0.05) is 33.0 Å². The highest BCUT2D eigenvalue weighted by atomic mass is 16.5. The molecular formula is C12H22N2O5. The van der Waals surface area contributed by atoms with Gasteiger partial charge < -0.3 is 20.5 Å². The van der Waals surface area contributed by atoms with E-state index in [1.807, 2.05) is 0 Å². The summed E-state index contributed by atoms with van der Waals surface area (Å²) in [7, 11) is 1.54. The van der Waals surface area contributed by atoms with E-state index in [0.717, 1.165) is 0 Å². The fourth-order valence-electron chi connectivity index (χ4n) is 1.24. The summed E-state index contributed by atoms with van der Waals surface area (Å²) in [5.74, 6) is -1.59. The Morgan fingerprint density at radius 2 is 1.68 bits per heavy atom. The van der Waals surface area contributed by atoms with E-state index in [4.69, 9.17) is 9.84 Å². The van der Waals surface area contributed by atoms with Gasteiger partial charge in [0.2, 0.25) is 11.8 Å². The Kier molecular flexibility index (Phi) is 7.74. The molecule has 7 heteroatoms. The summed E-state index contributed by atoms with van der Waals surface area (Å²) in [6.45, 7) is 4.01. The largest absolute Gasteiger partial charge is 0.481 e. The molecule has 0 aliphatic rings. The first kappa shape index (κ1) is 17.4. The summed E-state index contributed by atoms with van der Waals surface area (Å²) in [6, 6.07) is 0. The molecule has 0 aliphatic heterocycles. The molecule has 7 nitrogen and oxygen atoms in total. The van der Waals surface area contributed by atoms with E-state index in [2.05, 4.69) is 10.6 Å². The van der Waals surface area contributed by atoms with Crippen molar-refractivity contribution in [3.63, 3.8) is 0 Å². The first-order chi connectivity index (χ1) is 8.79. The quantitative estimate of drug-likeness (QED) is 0.503. The molecule has 3 N–H and O–H groups in total. The number of amides is 2. The Hall–Kier alpha value is -1.63. The van der Waals surface area contributed by atoms with Crippen LogP contribution in [0.3, 0.4) is 0 Å². The molecule has 0 aromatic rings. The van der Waals surface area contributed by atoms with Crippen LogP contribution in [0.5, 0.6) is 0 Å². The van der Waals surface area contributed by atoms with E-state index in [0.29, 0.717) is 13.2 Å². The van der Waals surface area contributed by atoms with E-state index in [9.17, 15) is 14.4 Å². The fourth-order valence-corrected chi connectivity index (χ4v) is 1.24. The molecule has 110 valence electrons. The van der Waals surface area contributed by atoms with Crippen LogP contribution in [-0.4, -0.2) is 49.7 Å². The van der Waals surface area contributed by atoms with Crippen LogP contribution in [0.4, 0.5) is 0 Å². The van der Waals surface area contributed by atoms with Crippen molar-refractivity contribution >= 4 is 17.8 Å². The van der Waals surface area contributed by atoms with Crippen LogP contribution in [0.1, 0.15) is 26.7 Å². The van der Waals surface area contributed by atoms with Gasteiger partial charge >= 0.3 is 5.97 Å². The van der Waals surface area contributed by atoms with Crippen LogP contribution in [0, 0.1) is 5.41 Å².